The Morgan fingerprint density at radius 1 is 1.17 bits per heavy atom. The van der Waals surface area contributed by atoms with Gasteiger partial charge in [-0.3, -0.25) is 4.79 Å². The van der Waals surface area contributed by atoms with Gasteiger partial charge in [0.05, 0.1) is 10.6 Å². The number of benzene rings is 1. The van der Waals surface area contributed by atoms with E-state index < -0.39 is 22.1 Å². The molecule has 0 spiro atoms. The van der Waals surface area contributed by atoms with Crippen molar-refractivity contribution in [2.45, 2.75) is 69.4 Å². The third kappa shape index (κ3) is 5.15. The van der Waals surface area contributed by atoms with Gasteiger partial charge in [0.1, 0.15) is 4.90 Å². The number of rotatable bonds is 6. The number of esters is 1. The molecule has 1 saturated carbocycles. The molecule has 0 radical (unpaired) electrons. The molecule has 1 aliphatic carbocycles. The van der Waals surface area contributed by atoms with E-state index in [1.54, 1.807) is 0 Å². The predicted molar refractivity (Wildman–Crippen MR) is 114 cm³/mol. The van der Waals surface area contributed by atoms with Gasteiger partial charge in [-0.25, -0.2) is 13.2 Å². The number of halogens is 1. The van der Waals surface area contributed by atoms with Crippen molar-refractivity contribution in [1.82, 2.24) is 9.62 Å². The highest BCUT2D eigenvalue weighted by atomic mass is 35.5. The minimum atomic E-state index is -3.78. The summed E-state index contributed by atoms with van der Waals surface area (Å²) in [5.41, 5.74) is 0.0443. The smallest absolute Gasteiger partial charge is 0.338 e. The van der Waals surface area contributed by atoms with Crippen molar-refractivity contribution >= 4 is 33.5 Å². The molecule has 1 saturated heterocycles. The normalized spacial score (nSPS) is 23.7. The Bertz CT molecular complexity index is 899. The summed E-state index contributed by atoms with van der Waals surface area (Å²) < 4.78 is 32.3. The number of carbonyl (C=O) groups is 2. The van der Waals surface area contributed by atoms with E-state index in [0.717, 1.165) is 38.5 Å². The maximum Gasteiger partial charge on any atom is 0.338 e. The summed E-state index contributed by atoms with van der Waals surface area (Å²) in [4.78, 5) is 24.9. The summed E-state index contributed by atoms with van der Waals surface area (Å²) in [6.45, 7) is 4.49. The number of hydrogen-bond acceptors (Lipinski definition) is 5. The summed E-state index contributed by atoms with van der Waals surface area (Å²) in [6, 6.07) is 4.09. The Kier molecular flexibility index (Phi) is 7.42. The number of carbonyl (C=O) groups excluding carboxylic acids is 2. The lowest BCUT2D eigenvalue weighted by molar-refractivity contribution is -0.130. The van der Waals surface area contributed by atoms with Gasteiger partial charge in [0, 0.05) is 19.1 Å². The summed E-state index contributed by atoms with van der Waals surface area (Å²) in [5.74, 6) is -0.718. The van der Waals surface area contributed by atoms with Crippen LogP contribution >= 0.6 is 11.6 Å². The van der Waals surface area contributed by atoms with Gasteiger partial charge in [0.15, 0.2) is 6.10 Å². The molecule has 2 fully saturated rings. The topological polar surface area (TPSA) is 92.8 Å². The lowest BCUT2D eigenvalue weighted by atomic mass is 9.86. The zero-order chi connectivity index (χ0) is 21.9. The van der Waals surface area contributed by atoms with Crippen molar-refractivity contribution in [3.05, 3.63) is 28.8 Å². The van der Waals surface area contributed by atoms with Crippen LogP contribution in [0.15, 0.2) is 23.1 Å². The van der Waals surface area contributed by atoms with E-state index in [9.17, 15) is 18.0 Å². The van der Waals surface area contributed by atoms with Crippen LogP contribution in [0.1, 0.15) is 62.7 Å². The quantitative estimate of drug-likeness (QED) is 0.662. The van der Waals surface area contributed by atoms with Crippen molar-refractivity contribution in [3.63, 3.8) is 0 Å². The van der Waals surface area contributed by atoms with E-state index in [4.69, 9.17) is 16.3 Å². The van der Waals surface area contributed by atoms with Gasteiger partial charge in [0.25, 0.3) is 5.91 Å². The molecule has 1 amide bonds. The van der Waals surface area contributed by atoms with E-state index in [1.807, 2.05) is 0 Å². The van der Waals surface area contributed by atoms with E-state index in [-0.39, 0.29) is 27.4 Å². The average Bonchev–Trinajstić information content (AvgIpc) is 3.25. The highest BCUT2D eigenvalue weighted by molar-refractivity contribution is 7.89. The molecule has 0 bridgehead atoms. The Hall–Kier alpha value is -1.64. The van der Waals surface area contributed by atoms with Crippen molar-refractivity contribution in [3.8, 4) is 0 Å². The standard InChI is InChI=1S/C21H29ClN2O5S/c1-14-7-3-4-8-18(14)23-20(25)15(2)29-21(26)16-9-10-17(22)19(13-16)30(27,28)24-11-5-6-12-24/h9-10,13-15,18H,3-8,11-12H2,1-2H3,(H,23,25)/t14-,15-,18+/m1/s1. The van der Waals surface area contributed by atoms with Gasteiger partial charge in [-0.1, -0.05) is 31.4 Å². The second-order valence-electron chi connectivity index (χ2n) is 8.18. The number of sulfonamides is 1. The monoisotopic (exact) mass is 456 g/mol. The van der Waals surface area contributed by atoms with Crippen molar-refractivity contribution in [2.75, 3.05) is 13.1 Å². The highest BCUT2D eigenvalue weighted by Crippen LogP contribution is 2.28. The summed E-state index contributed by atoms with van der Waals surface area (Å²) >= 11 is 6.12. The summed E-state index contributed by atoms with van der Waals surface area (Å²) in [5, 5.41) is 3.02. The molecule has 3 rings (SSSR count). The Balaban J connectivity index is 1.68. The molecule has 1 heterocycles. The maximum absolute atomic E-state index is 12.8. The van der Waals surface area contributed by atoms with Crippen LogP contribution in [0.3, 0.4) is 0 Å². The van der Waals surface area contributed by atoms with Crippen molar-refractivity contribution in [1.29, 1.82) is 0 Å². The minimum absolute atomic E-state index is 0.0443. The van der Waals surface area contributed by atoms with E-state index in [0.29, 0.717) is 19.0 Å². The number of amides is 1. The predicted octanol–water partition coefficient (Wildman–Crippen LogP) is 3.36. The zero-order valence-corrected chi connectivity index (χ0v) is 19.0. The number of hydrogen-bond donors (Lipinski definition) is 1. The van der Waals surface area contributed by atoms with Gasteiger partial charge >= 0.3 is 5.97 Å². The molecule has 30 heavy (non-hydrogen) atoms. The molecule has 0 aromatic heterocycles. The van der Waals surface area contributed by atoms with E-state index in [1.165, 1.54) is 29.4 Å². The molecule has 9 heteroatoms. The molecule has 1 aromatic carbocycles. The number of nitrogens with zero attached hydrogens (tertiary/aromatic N) is 1. The Morgan fingerprint density at radius 3 is 2.50 bits per heavy atom. The van der Waals surface area contributed by atoms with E-state index in [2.05, 4.69) is 12.2 Å². The second kappa shape index (κ2) is 9.66. The van der Waals surface area contributed by atoms with Crippen LogP contribution in [0.4, 0.5) is 0 Å². The molecular weight excluding hydrogens is 428 g/mol. The van der Waals surface area contributed by atoms with Gasteiger partial charge < -0.3 is 10.1 Å². The Morgan fingerprint density at radius 2 is 1.83 bits per heavy atom. The maximum atomic E-state index is 12.8. The second-order valence-corrected chi connectivity index (χ2v) is 10.5. The highest BCUT2D eigenvalue weighted by Gasteiger charge is 2.31. The average molecular weight is 457 g/mol. The number of nitrogens with one attached hydrogen (secondary N) is 1. The molecule has 1 aromatic rings. The third-order valence-electron chi connectivity index (χ3n) is 5.94. The fraction of sp³-hybridized carbons (Fsp3) is 0.619. The van der Waals surface area contributed by atoms with Gasteiger partial charge in [0.2, 0.25) is 10.0 Å². The lowest BCUT2D eigenvalue weighted by Gasteiger charge is -2.30. The molecule has 1 N–H and O–H groups in total. The van der Waals surface area contributed by atoms with Crippen molar-refractivity contribution < 1.29 is 22.7 Å². The number of ether oxygens (including phenoxy) is 1. The first-order valence-corrected chi connectivity index (χ1v) is 12.3. The first-order chi connectivity index (χ1) is 14.2. The van der Waals surface area contributed by atoms with Gasteiger partial charge in [-0.05, 0) is 56.7 Å². The molecular formula is C21H29ClN2O5S. The largest absolute Gasteiger partial charge is 0.449 e. The van der Waals surface area contributed by atoms with Crippen LogP contribution < -0.4 is 5.32 Å². The molecule has 2 aliphatic rings. The summed E-state index contributed by atoms with van der Waals surface area (Å²) in [7, 11) is -3.78. The van der Waals surface area contributed by atoms with Crippen LogP contribution in [0, 0.1) is 5.92 Å². The fourth-order valence-corrected chi connectivity index (χ4v) is 6.03. The first kappa shape index (κ1) is 23.0. The first-order valence-electron chi connectivity index (χ1n) is 10.5. The van der Waals surface area contributed by atoms with Crippen LogP contribution in [0.25, 0.3) is 0 Å². The SMILES string of the molecule is C[C@@H]1CCCC[C@@H]1NC(=O)[C@@H](C)OC(=O)c1ccc(Cl)c(S(=O)(=O)N2CCCC2)c1. The Labute approximate surface area is 183 Å². The van der Waals surface area contributed by atoms with Crippen LogP contribution in [0.5, 0.6) is 0 Å². The summed E-state index contributed by atoms with van der Waals surface area (Å²) in [6.07, 6.45) is 4.83. The van der Waals surface area contributed by atoms with Crippen LogP contribution in [-0.2, 0) is 19.6 Å². The third-order valence-corrected chi connectivity index (χ3v) is 8.32. The minimum Gasteiger partial charge on any atom is -0.449 e. The fourth-order valence-electron chi connectivity index (χ4n) is 4.01. The lowest BCUT2D eigenvalue weighted by Crippen LogP contribution is -2.46. The van der Waals surface area contributed by atoms with Crippen molar-refractivity contribution in [2.24, 2.45) is 5.92 Å². The van der Waals surface area contributed by atoms with Gasteiger partial charge in [-0.15, -0.1) is 0 Å². The van der Waals surface area contributed by atoms with Crippen LogP contribution in [0.2, 0.25) is 5.02 Å². The molecule has 166 valence electrons. The zero-order valence-electron chi connectivity index (χ0n) is 17.4. The molecule has 3 atom stereocenters. The molecule has 0 unspecified atom stereocenters. The molecule has 1 aliphatic heterocycles. The molecule has 7 nitrogen and oxygen atoms in total. The van der Waals surface area contributed by atoms with E-state index >= 15 is 0 Å². The van der Waals surface area contributed by atoms with Crippen LogP contribution in [-0.4, -0.2) is 49.8 Å². The van der Waals surface area contributed by atoms with Gasteiger partial charge in [-0.2, -0.15) is 4.31 Å².